The maximum absolute atomic E-state index is 13.9. The molecule has 0 bridgehead atoms. The lowest BCUT2D eigenvalue weighted by Gasteiger charge is -2.43. The predicted octanol–water partition coefficient (Wildman–Crippen LogP) is 5.43. The number of likely N-dealkylation sites (tertiary alicyclic amines) is 1. The number of carbonyl (C=O) groups excluding carboxylic acids is 5. The van der Waals surface area contributed by atoms with E-state index in [2.05, 4.69) is 42.7 Å². The molecule has 2 aromatic carbocycles. The highest BCUT2D eigenvalue weighted by molar-refractivity contribution is 14.1. The number of thiocarbonyl (C=S) groups is 1. The number of carbonyl (C=O) groups is 5. The third kappa shape index (κ3) is 7.03. The fourth-order valence-corrected chi connectivity index (χ4v) is 10.6. The number of rotatable bonds is 8. The number of ether oxygens (including phenoxy) is 1. The number of fused-ring (bicyclic) bond motifs is 1. The van der Waals surface area contributed by atoms with Crippen molar-refractivity contribution >= 4 is 98.1 Å². The van der Waals surface area contributed by atoms with E-state index in [4.69, 9.17) is 28.6 Å². The van der Waals surface area contributed by atoms with Crippen LogP contribution in [0.4, 0.5) is 17.1 Å². The van der Waals surface area contributed by atoms with E-state index >= 15 is 0 Å². The summed E-state index contributed by atoms with van der Waals surface area (Å²) in [4.78, 5) is 77.9. The number of benzene rings is 2. The van der Waals surface area contributed by atoms with Gasteiger partial charge >= 0.3 is 0 Å². The van der Waals surface area contributed by atoms with Crippen LogP contribution in [0.15, 0.2) is 48.7 Å². The Labute approximate surface area is 364 Å². The van der Waals surface area contributed by atoms with E-state index in [0.29, 0.717) is 40.7 Å². The van der Waals surface area contributed by atoms with Crippen molar-refractivity contribution in [3.63, 3.8) is 0 Å². The molecule has 1 saturated carbocycles. The monoisotopic (exact) mass is 946 g/mol. The highest BCUT2D eigenvalue weighted by atomic mass is 127. The molecule has 1 atom stereocenters. The maximum atomic E-state index is 13.9. The van der Waals surface area contributed by atoms with Crippen LogP contribution >= 0.6 is 46.4 Å². The Kier molecular flexibility index (Phi) is 10.6. The van der Waals surface area contributed by atoms with Gasteiger partial charge in [-0.25, -0.2) is 4.98 Å². The molecule has 3 aromatic rings. The van der Waals surface area contributed by atoms with E-state index in [1.54, 1.807) is 18.2 Å². The van der Waals surface area contributed by atoms with Crippen molar-refractivity contribution < 1.29 is 28.7 Å². The third-order valence-corrected chi connectivity index (χ3v) is 14.2. The van der Waals surface area contributed by atoms with Gasteiger partial charge in [0.15, 0.2) is 10.8 Å². The molecule has 304 valence electrons. The fraction of sp³-hybridized carbons (Fsp3) is 0.429. The van der Waals surface area contributed by atoms with Gasteiger partial charge in [-0.3, -0.25) is 39.1 Å². The zero-order valence-corrected chi connectivity index (χ0v) is 35.7. The maximum Gasteiger partial charge on any atom is 0.262 e. The molecule has 1 N–H and O–H groups in total. The molecule has 59 heavy (non-hydrogen) atoms. The van der Waals surface area contributed by atoms with Crippen LogP contribution in [0.1, 0.15) is 84.2 Å². The molecule has 1 unspecified atom stereocenters. The summed E-state index contributed by atoms with van der Waals surface area (Å²) in [6, 6.07) is 13.9. The number of piperidine rings is 3. The number of amides is 5. The van der Waals surface area contributed by atoms with Gasteiger partial charge in [0.1, 0.15) is 29.5 Å². The number of aromatic nitrogens is 1. The van der Waals surface area contributed by atoms with Crippen molar-refractivity contribution in [3.8, 4) is 11.8 Å². The van der Waals surface area contributed by atoms with Crippen LogP contribution in [0.5, 0.6) is 5.75 Å². The molecule has 9 rings (SSSR count). The van der Waals surface area contributed by atoms with Gasteiger partial charge in [-0.05, 0) is 135 Å². The first kappa shape index (κ1) is 39.7. The smallest absolute Gasteiger partial charge is 0.262 e. The Balaban J connectivity index is 0.770. The summed E-state index contributed by atoms with van der Waals surface area (Å²) in [6.07, 6.45) is 7.91. The first-order valence-electron chi connectivity index (χ1n) is 20.0. The number of nitrogens with zero attached hydrogens (tertiary/aromatic N) is 7. The average molecular weight is 947 g/mol. The molecule has 6 aliphatic rings. The van der Waals surface area contributed by atoms with Crippen molar-refractivity contribution in [1.82, 2.24) is 20.1 Å². The SMILES string of the molecule is N#Cc1ncc(N2C(=O)C3(CCC3)N(c3ccc(OC4CCN(CC5CCN(c6ccc7c(c6)C(=O)N(C6CCC(=O)NC6=O)C7=O)CC5)CC4)c(I)c3)C2=S)cc1Cl. The number of hydrogen-bond acceptors (Lipinski definition) is 11. The quantitative estimate of drug-likeness (QED) is 0.174. The van der Waals surface area contributed by atoms with Crippen molar-refractivity contribution in [2.75, 3.05) is 47.4 Å². The second-order valence-corrected chi connectivity index (χ2v) is 18.1. The van der Waals surface area contributed by atoms with Crippen LogP contribution in [-0.4, -0.2) is 99.8 Å². The topological polar surface area (TPSA) is 159 Å². The lowest BCUT2D eigenvalue weighted by atomic mass is 9.75. The Morgan fingerprint density at radius 3 is 2.31 bits per heavy atom. The molecule has 5 aliphatic heterocycles. The molecule has 14 nitrogen and oxygen atoms in total. The highest BCUT2D eigenvalue weighted by Crippen LogP contribution is 2.48. The molecule has 1 spiro atoms. The molecule has 4 saturated heterocycles. The third-order valence-electron chi connectivity index (χ3n) is 12.7. The molecular formula is C42H40ClIN8O6S. The number of hydrogen-bond donors (Lipinski definition) is 1. The van der Waals surface area contributed by atoms with Gasteiger partial charge in [0.2, 0.25) is 11.8 Å². The first-order valence-corrected chi connectivity index (χ1v) is 21.9. The molecule has 1 aliphatic carbocycles. The van der Waals surface area contributed by atoms with Gasteiger partial charge in [-0.2, -0.15) is 5.26 Å². The molecule has 17 heteroatoms. The summed E-state index contributed by atoms with van der Waals surface area (Å²) in [5.41, 5.74) is 2.09. The summed E-state index contributed by atoms with van der Waals surface area (Å²) < 4.78 is 7.50. The largest absolute Gasteiger partial charge is 0.489 e. The van der Waals surface area contributed by atoms with Crippen LogP contribution in [-0.2, 0) is 14.4 Å². The van der Waals surface area contributed by atoms with E-state index in [0.717, 1.165) is 90.4 Å². The first-order chi connectivity index (χ1) is 28.4. The van der Waals surface area contributed by atoms with Crippen molar-refractivity contribution in [1.29, 1.82) is 5.26 Å². The summed E-state index contributed by atoms with van der Waals surface area (Å²) in [5.74, 6) is -0.744. The fourth-order valence-electron chi connectivity index (χ4n) is 9.35. The van der Waals surface area contributed by atoms with Crippen LogP contribution < -0.4 is 24.8 Å². The van der Waals surface area contributed by atoms with Crippen LogP contribution in [0, 0.1) is 20.8 Å². The van der Waals surface area contributed by atoms with Crippen LogP contribution in [0.3, 0.4) is 0 Å². The predicted molar refractivity (Wildman–Crippen MR) is 230 cm³/mol. The van der Waals surface area contributed by atoms with Gasteiger partial charge in [0, 0.05) is 50.5 Å². The highest BCUT2D eigenvalue weighted by Gasteiger charge is 2.59. The number of imide groups is 2. The number of pyridine rings is 1. The van der Waals surface area contributed by atoms with E-state index in [-0.39, 0.29) is 35.6 Å². The van der Waals surface area contributed by atoms with Gasteiger partial charge < -0.3 is 19.4 Å². The second kappa shape index (κ2) is 15.7. The molecule has 6 heterocycles. The average Bonchev–Trinajstić information content (AvgIpc) is 3.60. The van der Waals surface area contributed by atoms with Crippen molar-refractivity contribution in [2.24, 2.45) is 5.92 Å². The summed E-state index contributed by atoms with van der Waals surface area (Å²) in [6.45, 7) is 4.59. The minimum atomic E-state index is -0.977. The van der Waals surface area contributed by atoms with Gasteiger partial charge in [0.25, 0.3) is 17.7 Å². The minimum absolute atomic E-state index is 0.0873. The summed E-state index contributed by atoms with van der Waals surface area (Å²) in [7, 11) is 0. The minimum Gasteiger partial charge on any atom is -0.489 e. The standard InChI is InChI=1S/C42H40ClIN8O6S/c43-31-19-27(22-46-33(31)21-45)50-40(57)42(12-1-13-42)52(41(50)59)26-3-6-35(32(44)20-26)58-28-10-14-48(15-11-28)23-24-8-16-49(17-9-24)25-2-4-29-30(18-25)39(56)51(38(29)55)34-5-7-36(53)47-37(34)54/h2-4,6,18-20,22,24,28,34H,1,5,7-17,23H2,(H,47,53,54). The summed E-state index contributed by atoms with van der Waals surface area (Å²) >= 11 is 14.5. The molecular weight excluding hydrogens is 907 g/mol. The molecule has 5 fully saturated rings. The number of nitrogens with one attached hydrogen (secondary N) is 1. The Morgan fingerprint density at radius 2 is 1.64 bits per heavy atom. The van der Waals surface area contributed by atoms with Crippen molar-refractivity contribution in [2.45, 2.75) is 75.5 Å². The zero-order chi connectivity index (χ0) is 41.2. The number of anilines is 3. The van der Waals surface area contributed by atoms with E-state index in [9.17, 15) is 29.2 Å². The van der Waals surface area contributed by atoms with Crippen molar-refractivity contribution in [3.05, 3.63) is 74.1 Å². The van der Waals surface area contributed by atoms with Gasteiger partial charge in [-0.1, -0.05) is 11.6 Å². The summed E-state index contributed by atoms with van der Waals surface area (Å²) in [5, 5.41) is 12.0. The normalized spacial score (nSPS) is 22.6. The van der Waals surface area contributed by atoms with Crippen LogP contribution in [0.2, 0.25) is 5.02 Å². The lowest BCUT2D eigenvalue weighted by molar-refractivity contribution is -0.136. The second-order valence-electron chi connectivity index (χ2n) is 16.1. The van der Waals surface area contributed by atoms with E-state index in [1.807, 2.05) is 35.2 Å². The van der Waals surface area contributed by atoms with E-state index in [1.165, 1.54) is 11.1 Å². The van der Waals surface area contributed by atoms with Gasteiger partial charge in [-0.15, -0.1) is 0 Å². The number of nitriles is 1. The lowest BCUT2D eigenvalue weighted by Crippen LogP contribution is -2.55. The van der Waals surface area contributed by atoms with Crippen LogP contribution in [0.25, 0.3) is 0 Å². The Hall–Kier alpha value is -4.70. The number of halogens is 2. The van der Waals surface area contributed by atoms with Gasteiger partial charge in [0.05, 0.1) is 31.6 Å². The molecule has 1 aromatic heterocycles. The Morgan fingerprint density at radius 1 is 0.915 bits per heavy atom. The van der Waals surface area contributed by atoms with E-state index < -0.39 is 35.2 Å². The molecule has 0 radical (unpaired) electrons. The zero-order valence-electron chi connectivity index (χ0n) is 32.0. The Bertz CT molecular complexity index is 2350. The molecule has 5 amide bonds.